The van der Waals surface area contributed by atoms with Crippen LogP contribution in [0.1, 0.15) is 49.6 Å². The topological polar surface area (TPSA) is 105 Å². The quantitative estimate of drug-likeness (QED) is 0.643. The molecule has 2 fully saturated rings. The minimum Gasteiger partial charge on any atom is -0.378 e. The lowest BCUT2D eigenvalue weighted by molar-refractivity contribution is -0.144. The van der Waals surface area contributed by atoms with Crippen molar-refractivity contribution in [3.63, 3.8) is 0 Å². The Balaban J connectivity index is 1.47. The number of aromatic nitrogens is 1. The average molecular weight is 524 g/mol. The number of amidine groups is 1. The number of benzene rings is 1. The summed E-state index contributed by atoms with van der Waals surface area (Å²) in [6.45, 7) is 6.65. The number of aliphatic imine (C=N–C) groups is 1. The van der Waals surface area contributed by atoms with Crippen LogP contribution < -0.4 is 5.73 Å². The van der Waals surface area contributed by atoms with Crippen LogP contribution in [-0.2, 0) is 15.1 Å². The van der Waals surface area contributed by atoms with Gasteiger partial charge in [0.15, 0.2) is 5.17 Å². The van der Waals surface area contributed by atoms with E-state index in [1.807, 2.05) is 24.8 Å². The van der Waals surface area contributed by atoms with Crippen molar-refractivity contribution >= 4 is 34.7 Å². The number of halogens is 2. The van der Waals surface area contributed by atoms with Crippen LogP contribution in [-0.4, -0.2) is 51.0 Å². The Kier molecular flexibility index (Phi) is 6.32. The van der Waals surface area contributed by atoms with Gasteiger partial charge in [-0.1, -0.05) is 17.8 Å². The lowest BCUT2D eigenvalue weighted by atomic mass is 9.84. The number of carbonyl (C=O) groups excluding carboxylic acids is 1. The standard InChI is InChI=1S/C27H27F2N5O2S/c1-15-16(2)36-9-8-34(15)24(35)27-12-23(27)26(3,33-25(31)37-27)19-10-17(4-6-20(19)28)11-21(29)22-7-5-18(13-30)14-32-22/h4-7,10-11,14-16,23H,8-9,12H2,1-3H3,(H2,31,33)/b21-11-/t15-,16+,23+,26-,27+/m1/s1. The number of nitrogens with zero attached hydrogens (tertiary/aromatic N) is 4. The average Bonchev–Trinajstić information content (AvgIpc) is 3.63. The number of pyridine rings is 1. The van der Waals surface area contributed by atoms with Gasteiger partial charge in [-0.15, -0.1) is 0 Å². The van der Waals surface area contributed by atoms with E-state index in [0.717, 1.165) is 0 Å². The molecule has 5 atom stereocenters. The number of morpholine rings is 1. The third-order valence-corrected chi connectivity index (χ3v) is 8.98. The van der Waals surface area contributed by atoms with Crippen LogP contribution in [0.25, 0.3) is 11.9 Å². The van der Waals surface area contributed by atoms with Crippen molar-refractivity contribution < 1.29 is 18.3 Å². The van der Waals surface area contributed by atoms with Gasteiger partial charge in [-0.3, -0.25) is 14.8 Å². The largest absolute Gasteiger partial charge is 0.378 e. The molecule has 0 bridgehead atoms. The van der Waals surface area contributed by atoms with Crippen molar-refractivity contribution in [2.75, 3.05) is 13.2 Å². The minimum atomic E-state index is -1.09. The Hall–Kier alpha value is -3.29. The van der Waals surface area contributed by atoms with Crippen molar-refractivity contribution in [1.82, 2.24) is 9.88 Å². The van der Waals surface area contributed by atoms with Crippen LogP contribution in [0.3, 0.4) is 0 Å². The number of nitriles is 1. The molecular weight excluding hydrogens is 496 g/mol. The van der Waals surface area contributed by atoms with E-state index in [-0.39, 0.29) is 40.4 Å². The summed E-state index contributed by atoms with van der Waals surface area (Å²) in [7, 11) is 0. The minimum absolute atomic E-state index is 0.0244. The summed E-state index contributed by atoms with van der Waals surface area (Å²) in [5.74, 6) is -1.42. The molecule has 1 aromatic heterocycles. The highest BCUT2D eigenvalue weighted by atomic mass is 32.2. The van der Waals surface area contributed by atoms with Gasteiger partial charge in [-0.25, -0.2) is 8.78 Å². The maximum Gasteiger partial charge on any atom is 0.240 e. The Morgan fingerprint density at radius 3 is 2.84 bits per heavy atom. The Labute approximate surface area is 218 Å². The molecule has 2 N–H and O–H groups in total. The monoisotopic (exact) mass is 523 g/mol. The Morgan fingerprint density at radius 2 is 2.14 bits per heavy atom. The summed E-state index contributed by atoms with van der Waals surface area (Å²) >= 11 is 1.26. The van der Waals surface area contributed by atoms with Gasteiger partial charge in [0.2, 0.25) is 5.91 Å². The number of hydrogen-bond acceptors (Lipinski definition) is 7. The molecule has 7 nitrogen and oxygen atoms in total. The van der Waals surface area contributed by atoms with E-state index in [2.05, 4.69) is 9.98 Å². The first-order valence-electron chi connectivity index (χ1n) is 12.1. The zero-order valence-corrected chi connectivity index (χ0v) is 21.6. The first-order chi connectivity index (χ1) is 17.6. The molecular formula is C27H27F2N5O2S. The fraction of sp³-hybridized carbons (Fsp3) is 0.407. The molecule has 10 heteroatoms. The van der Waals surface area contributed by atoms with E-state index in [4.69, 9.17) is 15.7 Å². The summed E-state index contributed by atoms with van der Waals surface area (Å²) < 4.78 is 35.1. The van der Waals surface area contributed by atoms with E-state index in [0.29, 0.717) is 30.7 Å². The molecule has 3 aliphatic rings. The highest BCUT2D eigenvalue weighted by molar-refractivity contribution is 8.15. The number of nitrogens with two attached hydrogens (primary N) is 1. The van der Waals surface area contributed by atoms with Crippen LogP contribution >= 0.6 is 11.8 Å². The molecule has 37 heavy (non-hydrogen) atoms. The molecule has 2 aromatic rings. The number of rotatable bonds is 4. The molecule has 1 amide bonds. The number of hydrogen-bond donors (Lipinski definition) is 1. The second-order valence-electron chi connectivity index (χ2n) is 9.94. The summed E-state index contributed by atoms with van der Waals surface area (Å²) in [5.41, 5.74) is 6.21. The van der Waals surface area contributed by atoms with E-state index in [1.165, 1.54) is 48.3 Å². The van der Waals surface area contributed by atoms with Gasteiger partial charge in [-0.2, -0.15) is 5.26 Å². The predicted molar refractivity (Wildman–Crippen MR) is 138 cm³/mol. The molecule has 0 spiro atoms. The van der Waals surface area contributed by atoms with Gasteiger partial charge in [0.25, 0.3) is 0 Å². The second kappa shape index (κ2) is 9.23. The van der Waals surface area contributed by atoms with Crippen LogP contribution in [0.2, 0.25) is 0 Å². The summed E-state index contributed by atoms with van der Waals surface area (Å²) in [6.07, 6.45) is 2.97. The van der Waals surface area contributed by atoms with E-state index < -0.39 is 21.9 Å². The van der Waals surface area contributed by atoms with Crippen LogP contribution in [0.4, 0.5) is 8.78 Å². The molecule has 1 saturated heterocycles. The van der Waals surface area contributed by atoms with Crippen LogP contribution in [0, 0.1) is 23.1 Å². The van der Waals surface area contributed by atoms with Gasteiger partial charge >= 0.3 is 0 Å². The first-order valence-corrected chi connectivity index (χ1v) is 12.9. The lowest BCUT2D eigenvalue weighted by Crippen LogP contribution is -2.56. The molecule has 5 rings (SSSR count). The molecule has 3 heterocycles. The molecule has 0 unspecified atom stereocenters. The molecule has 0 radical (unpaired) electrons. The van der Waals surface area contributed by atoms with Crippen molar-refractivity contribution in [3.8, 4) is 6.07 Å². The maximum atomic E-state index is 15.3. The van der Waals surface area contributed by atoms with E-state index in [9.17, 15) is 9.18 Å². The van der Waals surface area contributed by atoms with Gasteiger partial charge < -0.3 is 15.4 Å². The maximum absolute atomic E-state index is 15.3. The van der Waals surface area contributed by atoms with Gasteiger partial charge in [0, 0.05) is 24.2 Å². The number of fused-ring (bicyclic) bond motifs is 1. The van der Waals surface area contributed by atoms with Crippen molar-refractivity contribution in [2.45, 2.75) is 49.6 Å². The van der Waals surface area contributed by atoms with Gasteiger partial charge in [0.05, 0.1) is 35.5 Å². The van der Waals surface area contributed by atoms with E-state index in [1.54, 1.807) is 13.0 Å². The van der Waals surface area contributed by atoms with Crippen molar-refractivity contribution in [2.24, 2.45) is 16.6 Å². The summed E-state index contributed by atoms with van der Waals surface area (Å²) in [6, 6.07) is 9.04. The molecule has 1 aliphatic carbocycles. The number of carbonyl (C=O) groups is 1. The van der Waals surface area contributed by atoms with Crippen LogP contribution in [0.5, 0.6) is 0 Å². The zero-order chi connectivity index (χ0) is 26.5. The number of amides is 1. The smallest absolute Gasteiger partial charge is 0.240 e. The number of ether oxygens (including phenoxy) is 1. The zero-order valence-electron chi connectivity index (χ0n) is 20.7. The fourth-order valence-corrected chi connectivity index (χ4v) is 6.79. The van der Waals surface area contributed by atoms with Gasteiger partial charge in [0.1, 0.15) is 22.5 Å². The highest BCUT2D eigenvalue weighted by Gasteiger charge is 2.71. The second-order valence-corrected chi connectivity index (χ2v) is 11.3. The van der Waals surface area contributed by atoms with Crippen molar-refractivity contribution in [1.29, 1.82) is 5.26 Å². The Morgan fingerprint density at radius 1 is 1.35 bits per heavy atom. The third-order valence-electron chi connectivity index (χ3n) is 7.69. The summed E-state index contributed by atoms with van der Waals surface area (Å²) in [5, 5.41) is 9.15. The van der Waals surface area contributed by atoms with Gasteiger partial charge in [-0.05, 0) is 63.1 Å². The first kappa shape index (κ1) is 25.4. The predicted octanol–water partition coefficient (Wildman–Crippen LogP) is 4.23. The molecule has 192 valence electrons. The normalized spacial score (nSPS) is 31.2. The van der Waals surface area contributed by atoms with E-state index >= 15 is 4.39 Å². The lowest BCUT2D eigenvalue weighted by Gasteiger charge is -2.41. The number of thioether (sulfide) groups is 1. The molecule has 1 saturated carbocycles. The Bertz CT molecular complexity index is 1360. The SMILES string of the molecule is C[C@@H]1OCCN(C(=O)[C@]23C[C@H]2[C@@](C)(c2cc(/C=C(\F)c4ccc(C#N)cn4)ccc2F)N=C(N)S3)[C@@H]1C. The van der Waals surface area contributed by atoms with Crippen LogP contribution in [0.15, 0.2) is 41.5 Å². The molecule has 2 aliphatic heterocycles. The van der Waals surface area contributed by atoms with Crippen molar-refractivity contribution in [3.05, 3.63) is 64.7 Å². The fourth-order valence-electron chi connectivity index (χ4n) is 5.36. The highest BCUT2D eigenvalue weighted by Crippen LogP contribution is 2.66. The summed E-state index contributed by atoms with van der Waals surface area (Å²) in [4.78, 5) is 24.2. The molecule has 1 aromatic carbocycles. The third kappa shape index (κ3) is 4.30.